The highest BCUT2D eigenvalue weighted by Gasteiger charge is 2.33. The standard InChI is InChI=1S/C24H28O3/c1-16-5-4-10-24(2,3)22(16)14-19-11-17(8-9-23(19)27)6-7-18-12-20(25)15-21(26)13-18/h5-9,11-13,15,22,25-27H,4,10,14H2,1-3H3/b7-6-/t22-/m0/s1. The van der Waals surface area contributed by atoms with Gasteiger partial charge in [0.15, 0.2) is 0 Å². The summed E-state index contributed by atoms with van der Waals surface area (Å²) in [5, 5.41) is 29.6. The molecule has 0 unspecified atom stereocenters. The molecule has 1 aliphatic rings. The van der Waals surface area contributed by atoms with Gasteiger partial charge >= 0.3 is 0 Å². The molecular weight excluding hydrogens is 336 g/mol. The van der Waals surface area contributed by atoms with E-state index in [4.69, 9.17) is 0 Å². The Hall–Kier alpha value is -2.68. The van der Waals surface area contributed by atoms with E-state index >= 15 is 0 Å². The molecule has 3 rings (SSSR count). The number of aromatic hydroxyl groups is 3. The zero-order valence-electron chi connectivity index (χ0n) is 16.2. The van der Waals surface area contributed by atoms with Crippen LogP contribution in [0.3, 0.4) is 0 Å². The van der Waals surface area contributed by atoms with Gasteiger partial charge in [0.25, 0.3) is 0 Å². The number of hydrogen-bond donors (Lipinski definition) is 3. The molecule has 1 atom stereocenters. The molecule has 3 nitrogen and oxygen atoms in total. The second-order valence-electron chi connectivity index (χ2n) is 8.24. The summed E-state index contributed by atoms with van der Waals surface area (Å²) in [6, 6.07) is 10.1. The normalized spacial score (nSPS) is 19.2. The van der Waals surface area contributed by atoms with Gasteiger partial charge in [0.05, 0.1) is 0 Å². The molecule has 27 heavy (non-hydrogen) atoms. The topological polar surface area (TPSA) is 60.7 Å². The van der Waals surface area contributed by atoms with Gasteiger partial charge in [0.1, 0.15) is 17.2 Å². The minimum Gasteiger partial charge on any atom is -0.508 e. The third-order valence-electron chi connectivity index (χ3n) is 5.67. The summed E-state index contributed by atoms with van der Waals surface area (Å²) < 4.78 is 0. The van der Waals surface area contributed by atoms with Gasteiger partial charge in [-0.15, -0.1) is 0 Å². The predicted octanol–water partition coefficient (Wildman–Crippen LogP) is 5.90. The fraction of sp³-hybridized carbons (Fsp3) is 0.333. The molecule has 2 aromatic rings. The molecule has 3 N–H and O–H groups in total. The Kier molecular flexibility index (Phi) is 5.31. The minimum absolute atomic E-state index is 0.0304. The largest absolute Gasteiger partial charge is 0.508 e. The van der Waals surface area contributed by atoms with Crippen molar-refractivity contribution in [1.82, 2.24) is 0 Å². The van der Waals surface area contributed by atoms with Crippen LogP contribution in [0, 0.1) is 11.3 Å². The van der Waals surface area contributed by atoms with Crippen LogP contribution >= 0.6 is 0 Å². The maximum Gasteiger partial charge on any atom is 0.119 e. The molecule has 0 bridgehead atoms. The van der Waals surface area contributed by atoms with E-state index in [-0.39, 0.29) is 16.9 Å². The van der Waals surface area contributed by atoms with Gasteiger partial charge < -0.3 is 15.3 Å². The van der Waals surface area contributed by atoms with Gasteiger partial charge in [0, 0.05) is 6.07 Å². The van der Waals surface area contributed by atoms with Crippen LogP contribution in [0.15, 0.2) is 48.0 Å². The summed E-state index contributed by atoms with van der Waals surface area (Å²) in [5.41, 5.74) is 4.26. The number of phenolic OH excluding ortho intramolecular Hbond substituents is 3. The lowest BCUT2D eigenvalue weighted by Gasteiger charge is -2.38. The highest BCUT2D eigenvalue weighted by Crippen LogP contribution is 2.43. The molecule has 0 aliphatic heterocycles. The minimum atomic E-state index is 0.0304. The first-order valence-electron chi connectivity index (χ1n) is 9.44. The van der Waals surface area contributed by atoms with Crippen LogP contribution in [0.2, 0.25) is 0 Å². The Morgan fingerprint density at radius 3 is 2.30 bits per heavy atom. The van der Waals surface area contributed by atoms with E-state index in [1.54, 1.807) is 18.2 Å². The summed E-state index contributed by atoms with van der Waals surface area (Å²) in [4.78, 5) is 0. The van der Waals surface area contributed by atoms with Crippen molar-refractivity contribution in [3.8, 4) is 17.2 Å². The van der Waals surface area contributed by atoms with Crippen molar-refractivity contribution in [3.05, 3.63) is 64.7 Å². The molecule has 0 saturated carbocycles. The number of benzene rings is 2. The summed E-state index contributed by atoms with van der Waals surface area (Å²) in [6.07, 6.45) is 9.19. The predicted molar refractivity (Wildman–Crippen MR) is 111 cm³/mol. The average molecular weight is 364 g/mol. The van der Waals surface area contributed by atoms with Crippen LogP contribution in [-0.2, 0) is 6.42 Å². The van der Waals surface area contributed by atoms with Crippen molar-refractivity contribution >= 4 is 12.2 Å². The summed E-state index contributed by atoms with van der Waals surface area (Å²) >= 11 is 0. The molecular formula is C24H28O3. The van der Waals surface area contributed by atoms with E-state index in [1.807, 2.05) is 24.3 Å². The van der Waals surface area contributed by atoms with Crippen molar-refractivity contribution in [2.24, 2.45) is 11.3 Å². The van der Waals surface area contributed by atoms with Crippen LogP contribution in [0.1, 0.15) is 50.3 Å². The van der Waals surface area contributed by atoms with E-state index in [9.17, 15) is 15.3 Å². The van der Waals surface area contributed by atoms with E-state index < -0.39 is 0 Å². The van der Waals surface area contributed by atoms with Gasteiger partial charge in [-0.3, -0.25) is 0 Å². The first-order valence-corrected chi connectivity index (χ1v) is 9.44. The molecule has 0 heterocycles. The van der Waals surface area contributed by atoms with Crippen molar-refractivity contribution in [3.63, 3.8) is 0 Å². The van der Waals surface area contributed by atoms with Crippen molar-refractivity contribution < 1.29 is 15.3 Å². The number of allylic oxidation sites excluding steroid dienone is 2. The molecule has 3 heteroatoms. The Morgan fingerprint density at radius 2 is 1.63 bits per heavy atom. The molecule has 2 aromatic carbocycles. The molecule has 142 valence electrons. The maximum absolute atomic E-state index is 10.4. The highest BCUT2D eigenvalue weighted by molar-refractivity contribution is 5.71. The van der Waals surface area contributed by atoms with Crippen LogP contribution in [0.25, 0.3) is 12.2 Å². The highest BCUT2D eigenvalue weighted by atomic mass is 16.3. The fourth-order valence-corrected chi connectivity index (χ4v) is 4.04. The van der Waals surface area contributed by atoms with Gasteiger partial charge in [-0.25, -0.2) is 0 Å². The number of hydrogen-bond acceptors (Lipinski definition) is 3. The van der Waals surface area contributed by atoms with Crippen LogP contribution in [0.4, 0.5) is 0 Å². The average Bonchev–Trinajstić information content (AvgIpc) is 2.57. The Bertz CT molecular complexity index is 870. The van der Waals surface area contributed by atoms with Crippen LogP contribution in [-0.4, -0.2) is 15.3 Å². The number of rotatable bonds is 4. The summed E-state index contributed by atoms with van der Waals surface area (Å²) in [6.45, 7) is 6.81. The van der Waals surface area contributed by atoms with E-state index in [1.165, 1.54) is 11.6 Å². The maximum atomic E-state index is 10.4. The second kappa shape index (κ2) is 7.51. The Morgan fingerprint density at radius 1 is 0.963 bits per heavy atom. The molecule has 0 saturated heterocycles. The lowest BCUT2D eigenvalue weighted by Crippen LogP contribution is -2.29. The smallest absolute Gasteiger partial charge is 0.119 e. The SMILES string of the molecule is CC1=CCCC(C)(C)[C@H]1Cc1cc(/C=C\c2cc(O)cc(O)c2)ccc1O. The molecule has 1 aliphatic carbocycles. The van der Waals surface area contributed by atoms with E-state index in [2.05, 4.69) is 26.8 Å². The third kappa shape index (κ3) is 4.54. The van der Waals surface area contributed by atoms with E-state index in [0.29, 0.717) is 17.2 Å². The Balaban J connectivity index is 1.85. The van der Waals surface area contributed by atoms with Crippen LogP contribution < -0.4 is 0 Å². The molecule has 0 spiro atoms. The summed E-state index contributed by atoms with van der Waals surface area (Å²) in [7, 11) is 0. The monoisotopic (exact) mass is 364 g/mol. The zero-order valence-corrected chi connectivity index (χ0v) is 16.2. The lowest BCUT2D eigenvalue weighted by atomic mass is 9.66. The van der Waals surface area contributed by atoms with Gasteiger partial charge in [-0.2, -0.15) is 0 Å². The van der Waals surface area contributed by atoms with Gasteiger partial charge in [0.2, 0.25) is 0 Å². The summed E-state index contributed by atoms with van der Waals surface area (Å²) in [5.74, 6) is 0.807. The molecule has 0 radical (unpaired) electrons. The third-order valence-corrected chi connectivity index (χ3v) is 5.67. The van der Waals surface area contributed by atoms with Crippen LogP contribution in [0.5, 0.6) is 17.2 Å². The quantitative estimate of drug-likeness (QED) is 0.468. The first-order chi connectivity index (χ1) is 12.7. The molecule has 0 amide bonds. The van der Waals surface area contributed by atoms with Gasteiger partial charge in [-0.05, 0) is 78.5 Å². The first kappa shape index (κ1) is 19.1. The van der Waals surface area contributed by atoms with E-state index in [0.717, 1.165) is 30.4 Å². The fourth-order valence-electron chi connectivity index (χ4n) is 4.04. The zero-order chi connectivity index (χ0) is 19.6. The van der Waals surface area contributed by atoms with Gasteiger partial charge in [-0.1, -0.05) is 43.7 Å². The molecule has 0 fully saturated rings. The van der Waals surface area contributed by atoms with Crippen molar-refractivity contribution in [1.29, 1.82) is 0 Å². The molecule has 0 aromatic heterocycles. The Labute approximate surface area is 161 Å². The van der Waals surface area contributed by atoms with Crippen molar-refractivity contribution in [2.75, 3.05) is 0 Å². The number of phenols is 3. The lowest BCUT2D eigenvalue weighted by molar-refractivity contribution is 0.212. The second-order valence-corrected chi connectivity index (χ2v) is 8.24. The van der Waals surface area contributed by atoms with Crippen molar-refractivity contribution in [2.45, 2.75) is 40.0 Å².